The van der Waals surface area contributed by atoms with E-state index < -0.39 is 0 Å². The van der Waals surface area contributed by atoms with E-state index >= 15 is 0 Å². The first-order valence-electron chi connectivity index (χ1n) is 11.6. The minimum absolute atomic E-state index is 0.105. The van der Waals surface area contributed by atoms with Crippen LogP contribution in [0.4, 0.5) is 5.82 Å². The average molecular weight is 486 g/mol. The highest BCUT2D eigenvalue weighted by Crippen LogP contribution is 2.30. The Morgan fingerprint density at radius 3 is 2.54 bits per heavy atom. The number of piperazine rings is 1. The number of benzene rings is 1. The van der Waals surface area contributed by atoms with Crippen LogP contribution < -0.4 is 4.90 Å². The van der Waals surface area contributed by atoms with Crippen LogP contribution >= 0.6 is 11.8 Å². The van der Waals surface area contributed by atoms with E-state index in [-0.39, 0.29) is 5.91 Å². The fourth-order valence-corrected chi connectivity index (χ4v) is 5.11. The molecule has 1 aliphatic heterocycles. The molecule has 1 aliphatic rings. The minimum atomic E-state index is 0.105. The van der Waals surface area contributed by atoms with Crippen LogP contribution in [0.5, 0.6) is 0 Å². The predicted molar refractivity (Wildman–Crippen MR) is 138 cm³/mol. The van der Waals surface area contributed by atoms with Crippen LogP contribution in [-0.4, -0.2) is 67.5 Å². The van der Waals surface area contributed by atoms with Crippen molar-refractivity contribution in [1.29, 1.82) is 0 Å². The molecule has 5 rings (SSSR count). The number of pyridine rings is 2. The molecule has 0 unspecified atom stereocenters. The zero-order valence-electron chi connectivity index (χ0n) is 19.8. The van der Waals surface area contributed by atoms with Gasteiger partial charge in [0.2, 0.25) is 5.91 Å². The number of rotatable bonds is 6. The van der Waals surface area contributed by atoms with Gasteiger partial charge in [-0.2, -0.15) is 0 Å². The number of aromatic nitrogens is 5. The van der Waals surface area contributed by atoms with Crippen molar-refractivity contribution < 1.29 is 4.79 Å². The van der Waals surface area contributed by atoms with Crippen LogP contribution in [0.3, 0.4) is 0 Å². The fourth-order valence-electron chi connectivity index (χ4n) is 4.26. The van der Waals surface area contributed by atoms with Crippen LogP contribution in [-0.2, 0) is 4.79 Å². The van der Waals surface area contributed by atoms with Crippen molar-refractivity contribution in [2.75, 3.05) is 36.8 Å². The summed E-state index contributed by atoms with van der Waals surface area (Å²) in [7, 11) is 0. The number of anilines is 1. The summed E-state index contributed by atoms with van der Waals surface area (Å²) in [4.78, 5) is 25.9. The third-order valence-electron chi connectivity index (χ3n) is 6.08. The molecular weight excluding hydrogens is 458 g/mol. The molecule has 35 heavy (non-hydrogen) atoms. The molecule has 0 spiro atoms. The molecule has 0 saturated carbocycles. The molecule has 0 atom stereocenters. The van der Waals surface area contributed by atoms with Crippen molar-refractivity contribution in [2.45, 2.75) is 19.0 Å². The second-order valence-corrected chi connectivity index (χ2v) is 9.46. The van der Waals surface area contributed by atoms with E-state index in [9.17, 15) is 4.79 Å². The van der Waals surface area contributed by atoms with Gasteiger partial charge in [0.05, 0.1) is 11.4 Å². The molecule has 0 aliphatic carbocycles. The molecule has 8 nitrogen and oxygen atoms in total. The van der Waals surface area contributed by atoms with Crippen molar-refractivity contribution in [3.05, 3.63) is 78.2 Å². The van der Waals surface area contributed by atoms with Crippen LogP contribution in [0, 0.1) is 13.8 Å². The van der Waals surface area contributed by atoms with E-state index in [2.05, 4.69) is 57.1 Å². The summed E-state index contributed by atoms with van der Waals surface area (Å²) in [5.74, 6) is 2.08. The summed E-state index contributed by atoms with van der Waals surface area (Å²) in [5, 5.41) is 9.63. The SMILES string of the molecule is Cc1ccc(-n2c(SCC(=O)N3CCN(c4ccccn4)CC3)nnc2-c2cccnc2)c(C)c1. The Morgan fingerprint density at radius 2 is 1.83 bits per heavy atom. The summed E-state index contributed by atoms with van der Waals surface area (Å²) >= 11 is 1.42. The minimum Gasteiger partial charge on any atom is -0.353 e. The number of carbonyl (C=O) groups is 1. The van der Waals surface area contributed by atoms with E-state index in [0.29, 0.717) is 29.8 Å². The zero-order chi connectivity index (χ0) is 24.2. The lowest BCUT2D eigenvalue weighted by Gasteiger charge is -2.35. The van der Waals surface area contributed by atoms with Gasteiger partial charge in [-0.05, 0) is 49.7 Å². The molecule has 9 heteroatoms. The van der Waals surface area contributed by atoms with Gasteiger partial charge in [-0.15, -0.1) is 10.2 Å². The Labute approximate surface area is 209 Å². The van der Waals surface area contributed by atoms with Crippen LogP contribution in [0.2, 0.25) is 0 Å². The lowest BCUT2D eigenvalue weighted by molar-refractivity contribution is -0.128. The summed E-state index contributed by atoms with van der Waals surface area (Å²) in [5.41, 5.74) is 4.19. The maximum absolute atomic E-state index is 13.1. The molecule has 0 bridgehead atoms. The van der Waals surface area contributed by atoms with Crippen LogP contribution in [0.15, 0.2) is 72.3 Å². The normalized spacial score (nSPS) is 13.8. The van der Waals surface area contributed by atoms with E-state index in [1.807, 2.05) is 39.8 Å². The number of hydrogen-bond donors (Lipinski definition) is 0. The Bertz CT molecular complexity index is 1300. The van der Waals surface area contributed by atoms with Gasteiger partial charge in [0.1, 0.15) is 5.82 Å². The Morgan fingerprint density at radius 1 is 0.971 bits per heavy atom. The molecule has 3 aromatic heterocycles. The Kier molecular flexibility index (Phi) is 6.76. The molecule has 1 fully saturated rings. The molecule has 4 aromatic rings. The van der Waals surface area contributed by atoms with E-state index in [0.717, 1.165) is 35.7 Å². The van der Waals surface area contributed by atoms with Gasteiger partial charge in [-0.1, -0.05) is 35.5 Å². The quantitative estimate of drug-likeness (QED) is 0.385. The average Bonchev–Trinajstić information content (AvgIpc) is 3.32. The summed E-state index contributed by atoms with van der Waals surface area (Å²) < 4.78 is 2.03. The maximum Gasteiger partial charge on any atom is 0.233 e. The lowest BCUT2D eigenvalue weighted by Crippen LogP contribution is -2.49. The first kappa shape index (κ1) is 23.0. The summed E-state index contributed by atoms with van der Waals surface area (Å²) in [6.45, 7) is 7.07. The standard InChI is InChI=1S/C26H27N7OS/c1-19-8-9-22(20(2)16-19)33-25(21-6-5-10-27-17-21)29-30-26(33)35-18-24(34)32-14-12-31(13-15-32)23-7-3-4-11-28-23/h3-11,16-17H,12-15,18H2,1-2H3. The number of nitrogens with zero attached hydrogens (tertiary/aromatic N) is 7. The van der Waals surface area contributed by atoms with Gasteiger partial charge in [-0.3, -0.25) is 14.3 Å². The molecule has 178 valence electrons. The van der Waals surface area contributed by atoms with Crippen LogP contribution in [0.1, 0.15) is 11.1 Å². The van der Waals surface area contributed by atoms with Crippen molar-refractivity contribution in [3.8, 4) is 17.1 Å². The van der Waals surface area contributed by atoms with E-state index in [1.54, 1.807) is 18.6 Å². The molecule has 1 saturated heterocycles. The molecule has 4 heterocycles. The Balaban J connectivity index is 1.32. The van der Waals surface area contributed by atoms with Crippen molar-refractivity contribution in [2.24, 2.45) is 0 Å². The van der Waals surface area contributed by atoms with Gasteiger partial charge in [0, 0.05) is 50.3 Å². The van der Waals surface area contributed by atoms with Crippen molar-refractivity contribution in [3.63, 3.8) is 0 Å². The molecule has 0 radical (unpaired) electrons. The van der Waals surface area contributed by atoms with Crippen LogP contribution in [0.25, 0.3) is 17.1 Å². The predicted octanol–water partition coefficient (Wildman–Crippen LogP) is 3.78. The molecule has 1 amide bonds. The smallest absolute Gasteiger partial charge is 0.233 e. The number of carbonyl (C=O) groups excluding carboxylic acids is 1. The lowest BCUT2D eigenvalue weighted by atomic mass is 10.1. The highest BCUT2D eigenvalue weighted by molar-refractivity contribution is 7.99. The van der Waals surface area contributed by atoms with E-state index in [1.165, 1.54) is 17.3 Å². The van der Waals surface area contributed by atoms with Gasteiger partial charge >= 0.3 is 0 Å². The highest BCUT2D eigenvalue weighted by Gasteiger charge is 2.24. The molecular formula is C26H27N7OS. The second-order valence-electron chi connectivity index (χ2n) is 8.52. The van der Waals surface area contributed by atoms with Gasteiger partial charge < -0.3 is 9.80 Å². The van der Waals surface area contributed by atoms with Gasteiger partial charge in [0.15, 0.2) is 11.0 Å². The summed E-state index contributed by atoms with van der Waals surface area (Å²) in [6.07, 6.45) is 5.32. The largest absolute Gasteiger partial charge is 0.353 e. The Hall–Kier alpha value is -3.72. The maximum atomic E-state index is 13.1. The highest BCUT2D eigenvalue weighted by atomic mass is 32.2. The first-order valence-corrected chi connectivity index (χ1v) is 12.6. The first-order chi connectivity index (χ1) is 17.1. The zero-order valence-corrected chi connectivity index (χ0v) is 20.6. The number of thioether (sulfide) groups is 1. The number of aryl methyl sites for hydroxylation is 2. The van der Waals surface area contributed by atoms with Gasteiger partial charge in [-0.25, -0.2) is 4.98 Å². The fraction of sp³-hybridized carbons (Fsp3) is 0.269. The third kappa shape index (κ3) is 5.05. The monoisotopic (exact) mass is 485 g/mol. The van der Waals surface area contributed by atoms with Crippen molar-refractivity contribution >= 4 is 23.5 Å². The number of hydrogen-bond acceptors (Lipinski definition) is 7. The molecule has 1 aromatic carbocycles. The topological polar surface area (TPSA) is 80.0 Å². The molecule has 0 N–H and O–H groups in total. The summed E-state index contributed by atoms with van der Waals surface area (Å²) in [6, 6.07) is 16.1. The second kappa shape index (κ2) is 10.3. The van der Waals surface area contributed by atoms with Gasteiger partial charge in [0.25, 0.3) is 0 Å². The van der Waals surface area contributed by atoms with Crippen molar-refractivity contribution in [1.82, 2.24) is 29.6 Å². The number of amides is 1. The van der Waals surface area contributed by atoms with E-state index in [4.69, 9.17) is 0 Å². The third-order valence-corrected chi connectivity index (χ3v) is 6.99.